The summed E-state index contributed by atoms with van der Waals surface area (Å²) in [5.41, 5.74) is 0.525. The molecular weight excluding hydrogens is 298 g/mol. The van der Waals surface area contributed by atoms with Gasteiger partial charge in [0.2, 0.25) is 10.0 Å². The van der Waals surface area contributed by atoms with Crippen LogP contribution in [0, 0.1) is 5.92 Å². The Balaban J connectivity index is 2.12. The summed E-state index contributed by atoms with van der Waals surface area (Å²) in [6.45, 7) is 1.99. The largest absolute Gasteiger partial charge is 0.392 e. The van der Waals surface area contributed by atoms with Gasteiger partial charge in [0.05, 0.1) is 11.5 Å². The summed E-state index contributed by atoms with van der Waals surface area (Å²) in [7, 11) is -3.54. The van der Waals surface area contributed by atoms with E-state index in [1.165, 1.54) is 12.1 Å². The second kappa shape index (κ2) is 6.43. The lowest BCUT2D eigenvalue weighted by atomic mass is 9.88. The third-order valence-corrected chi connectivity index (χ3v) is 5.71. The van der Waals surface area contributed by atoms with Crippen molar-refractivity contribution in [1.29, 1.82) is 0 Å². The Morgan fingerprint density at radius 2 is 1.95 bits per heavy atom. The maximum absolute atomic E-state index is 12.3. The molecule has 0 spiro atoms. The van der Waals surface area contributed by atoms with Crippen molar-refractivity contribution < 1.29 is 13.5 Å². The molecular formula is C14H20ClNO3S. The molecule has 1 fully saturated rings. The molecule has 0 aromatic heterocycles. The first-order chi connectivity index (χ1) is 9.42. The first-order valence-electron chi connectivity index (χ1n) is 6.84. The summed E-state index contributed by atoms with van der Waals surface area (Å²) in [6.07, 6.45) is 3.86. The second-order valence-electron chi connectivity index (χ2n) is 5.49. The number of aliphatic hydroxyl groups excluding tert-OH is 1. The molecule has 0 aliphatic heterocycles. The van der Waals surface area contributed by atoms with E-state index in [0.29, 0.717) is 11.5 Å². The van der Waals surface area contributed by atoms with E-state index in [9.17, 15) is 8.42 Å². The Kier molecular flexibility index (Phi) is 5.07. The van der Waals surface area contributed by atoms with Crippen LogP contribution in [0.1, 0.15) is 38.2 Å². The lowest BCUT2D eigenvalue weighted by molar-refractivity contribution is 0.282. The fourth-order valence-corrected chi connectivity index (χ4v) is 4.12. The number of hydrogen-bond donors (Lipinski definition) is 2. The molecule has 0 saturated heterocycles. The Bertz CT molecular complexity index is 566. The second-order valence-corrected chi connectivity index (χ2v) is 7.61. The number of benzene rings is 1. The zero-order valence-electron chi connectivity index (χ0n) is 11.5. The first-order valence-corrected chi connectivity index (χ1v) is 8.70. The van der Waals surface area contributed by atoms with Gasteiger partial charge in [-0.15, -0.1) is 0 Å². The van der Waals surface area contributed by atoms with Crippen molar-refractivity contribution in [2.75, 3.05) is 0 Å². The van der Waals surface area contributed by atoms with Crippen LogP contribution in [-0.2, 0) is 16.6 Å². The lowest BCUT2D eigenvalue weighted by Gasteiger charge is -2.26. The van der Waals surface area contributed by atoms with Crippen molar-refractivity contribution in [3.05, 3.63) is 28.8 Å². The molecule has 112 valence electrons. The van der Waals surface area contributed by atoms with E-state index in [1.54, 1.807) is 6.07 Å². The summed E-state index contributed by atoms with van der Waals surface area (Å²) in [6, 6.07) is 4.42. The fourth-order valence-electron chi connectivity index (χ4n) is 2.49. The molecule has 4 nitrogen and oxygen atoms in total. The van der Waals surface area contributed by atoms with Crippen LogP contribution in [0.15, 0.2) is 23.1 Å². The number of sulfonamides is 1. The average molecular weight is 318 g/mol. The first kappa shape index (κ1) is 15.8. The Morgan fingerprint density at radius 3 is 2.50 bits per heavy atom. The number of halogens is 1. The van der Waals surface area contributed by atoms with E-state index in [2.05, 4.69) is 11.6 Å². The van der Waals surface area contributed by atoms with Gasteiger partial charge in [0.15, 0.2) is 0 Å². The number of nitrogens with one attached hydrogen (secondary N) is 1. The Hall–Kier alpha value is -0.620. The minimum absolute atomic E-state index is 0.00694. The molecule has 6 heteroatoms. The quantitative estimate of drug-likeness (QED) is 0.897. The molecule has 0 bridgehead atoms. The van der Waals surface area contributed by atoms with Crippen molar-refractivity contribution in [3.8, 4) is 0 Å². The number of rotatable bonds is 4. The van der Waals surface area contributed by atoms with Gasteiger partial charge >= 0.3 is 0 Å². The molecule has 1 aliphatic carbocycles. The molecule has 0 atom stereocenters. The van der Waals surface area contributed by atoms with Crippen molar-refractivity contribution in [2.45, 2.75) is 50.2 Å². The van der Waals surface area contributed by atoms with Crippen LogP contribution in [0.3, 0.4) is 0 Å². The zero-order chi connectivity index (χ0) is 14.8. The van der Waals surface area contributed by atoms with Crippen LogP contribution in [0.2, 0.25) is 5.02 Å². The summed E-state index contributed by atoms with van der Waals surface area (Å²) in [5, 5.41) is 9.32. The molecule has 0 heterocycles. The molecule has 0 unspecified atom stereocenters. The van der Waals surface area contributed by atoms with Gasteiger partial charge in [-0.3, -0.25) is 0 Å². The molecule has 0 amide bonds. The molecule has 1 saturated carbocycles. The van der Waals surface area contributed by atoms with Crippen molar-refractivity contribution in [3.63, 3.8) is 0 Å². The molecule has 0 radical (unpaired) electrons. The number of hydrogen-bond acceptors (Lipinski definition) is 3. The number of aliphatic hydroxyl groups is 1. The minimum Gasteiger partial charge on any atom is -0.392 e. The van der Waals surface area contributed by atoms with E-state index in [-0.39, 0.29) is 22.6 Å². The summed E-state index contributed by atoms with van der Waals surface area (Å²) < 4.78 is 27.4. The maximum Gasteiger partial charge on any atom is 0.240 e. The van der Waals surface area contributed by atoms with Crippen LogP contribution in [-0.4, -0.2) is 19.6 Å². The summed E-state index contributed by atoms with van der Waals surface area (Å²) >= 11 is 5.95. The van der Waals surface area contributed by atoms with E-state index in [4.69, 9.17) is 16.7 Å². The topological polar surface area (TPSA) is 66.4 Å². The summed E-state index contributed by atoms with van der Waals surface area (Å²) in [5.74, 6) is 0.675. The van der Waals surface area contributed by atoms with Gasteiger partial charge < -0.3 is 5.11 Å². The van der Waals surface area contributed by atoms with Crippen LogP contribution in [0.4, 0.5) is 0 Å². The molecule has 1 aliphatic rings. The monoisotopic (exact) mass is 317 g/mol. The SMILES string of the molecule is CC1CCC(NS(=O)(=O)c2ccc(CO)c(Cl)c2)CC1. The molecule has 1 aromatic rings. The van der Waals surface area contributed by atoms with Gasteiger partial charge in [0.25, 0.3) is 0 Å². The predicted molar refractivity (Wildman–Crippen MR) is 79.1 cm³/mol. The van der Waals surface area contributed by atoms with Crippen molar-refractivity contribution in [1.82, 2.24) is 4.72 Å². The molecule has 2 N–H and O–H groups in total. The minimum atomic E-state index is -3.54. The van der Waals surface area contributed by atoms with E-state index < -0.39 is 10.0 Å². The zero-order valence-corrected chi connectivity index (χ0v) is 13.0. The van der Waals surface area contributed by atoms with Gasteiger partial charge in [-0.2, -0.15) is 0 Å². The fraction of sp³-hybridized carbons (Fsp3) is 0.571. The Morgan fingerprint density at radius 1 is 1.30 bits per heavy atom. The lowest BCUT2D eigenvalue weighted by Crippen LogP contribution is -2.37. The van der Waals surface area contributed by atoms with Gasteiger partial charge in [0.1, 0.15) is 0 Å². The normalized spacial score (nSPS) is 23.8. The standard InChI is InChI=1S/C14H20ClNO3S/c1-10-2-5-12(6-3-10)16-20(18,19)13-7-4-11(9-17)14(15)8-13/h4,7-8,10,12,16-17H,2-3,5-6,9H2,1H3. The highest BCUT2D eigenvalue weighted by Gasteiger charge is 2.24. The maximum atomic E-state index is 12.3. The van der Waals surface area contributed by atoms with Crippen LogP contribution < -0.4 is 4.72 Å². The van der Waals surface area contributed by atoms with E-state index in [1.807, 2.05) is 0 Å². The van der Waals surface area contributed by atoms with E-state index >= 15 is 0 Å². The van der Waals surface area contributed by atoms with Crippen molar-refractivity contribution in [2.24, 2.45) is 5.92 Å². The van der Waals surface area contributed by atoms with Crippen molar-refractivity contribution >= 4 is 21.6 Å². The van der Waals surface area contributed by atoms with Crippen LogP contribution in [0.5, 0.6) is 0 Å². The summed E-state index contributed by atoms with van der Waals surface area (Å²) in [4.78, 5) is 0.151. The van der Waals surface area contributed by atoms with Gasteiger partial charge in [-0.25, -0.2) is 13.1 Å². The highest BCUT2D eigenvalue weighted by atomic mass is 35.5. The van der Waals surface area contributed by atoms with Gasteiger partial charge in [0, 0.05) is 11.1 Å². The highest BCUT2D eigenvalue weighted by Crippen LogP contribution is 2.26. The van der Waals surface area contributed by atoms with E-state index in [0.717, 1.165) is 25.7 Å². The van der Waals surface area contributed by atoms with Gasteiger partial charge in [-0.05, 0) is 49.3 Å². The smallest absolute Gasteiger partial charge is 0.240 e. The molecule has 1 aromatic carbocycles. The average Bonchev–Trinajstić information content (AvgIpc) is 2.41. The van der Waals surface area contributed by atoms with Crippen LogP contribution >= 0.6 is 11.6 Å². The molecule has 2 rings (SSSR count). The Labute approximate surface area is 125 Å². The highest BCUT2D eigenvalue weighted by molar-refractivity contribution is 7.89. The molecule has 20 heavy (non-hydrogen) atoms. The third-order valence-electron chi connectivity index (χ3n) is 3.84. The van der Waals surface area contributed by atoms with Gasteiger partial charge in [-0.1, -0.05) is 24.6 Å². The third kappa shape index (κ3) is 3.73. The van der Waals surface area contributed by atoms with Crippen LogP contribution in [0.25, 0.3) is 0 Å². The predicted octanol–water partition coefficient (Wildman–Crippen LogP) is 2.69.